The maximum Gasteiger partial charge on any atom is 0.218 e. The molecule has 0 saturated carbocycles. The molecule has 0 bridgehead atoms. The Balaban J connectivity index is 0.00000289. The van der Waals surface area contributed by atoms with Gasteiger partial charge in [-0.1, -0.05) is 6.07 Å². The Morgan fingerprint density at radius 2 is 1.78 bits per heavy atom. The molecule has 0 spiro atoms. The average Bonchev–Trinajstić information content (AvgIpc) is 2.22. The predicted molar refractivity (Wildman–Crippen MR) is 69.6 cm³/mol. The lowest BCUT2D eigenvalue weighted by Gasteiger charge is -2.00. The highest BCUT2D eigenvalue weighted by Crippen LogP contribution is 2.09. The van der Waals surface area contributed by atoms with Crippen LogP contribution in [0.5, 0.6) is 0 Å². The van der Waals surface area contributed by atoms with Gasteiger partial charge in [-0.3, -0.25) is 4.99 Å². The van der Waals surface area contributed by atoms with Gasteiger partial charge in [-0.05, 0) is 24.1 Å². The first kappa shape index (κ1) is 16.1. The predicted octanol–water partition coefficient (Wildman–Crippen LogP) is 0.517. The molecule has 1 rings (SSSR count). The van der Waals surface area contributed by atoms with Gasteiger partial charge in [0.25, 0.3) is 0 Å². The molecule has 6 N–H and O–H groups in total. The van der Waals surface area contributed by atoms with Gasteiger partial charge in [0.1, 0.15) is 0 Å². The van der Waals surface area contributed by atoms with Crippen LogP contribution in [-0.4, -0.2) is 18.5 Å². The lowest BCUT2D eigenvalue weighted by Crippen LogP contribution is -2.26. The van der Waals surface area contributed by atoms with Crippen LogP contribution in [0.1, 0.15) is 5.56 Å². The van der Waals surface area contributed by atoms with Crippen LogP contribution < -0.4 is 17.2 Å². The summed E-state index contributed by atoms with van der Waals surface area (Å²) in [7, 11) is 0. The fourth-order valence-electron chi connectivity index (χ4n) is 1.16. The van der Waals surface area contributed by atoms with Crippen molar-refractivity contribution in [2.24, 2.45) is 27.2 Å². The van der Waals surface area contributed by atoms with E-state index in [2.05, 4.69) is 9.98 Å². The van der Waals surface area contributed by atoms with E-state index in [9.17, 15) is 8.78 Å². The zero-order valence-electron chi connectivity index (χ0n) is 9.44. The number of guanidine groups is 2. The van der Waals surface area contributed by atoms with Crippen molar-refractivity contribution in [2.75, 3.05) is 6.54 Å². The number of aliphatic imine (C=N–C) groups is 2. The lowest BCUT2D eigenvalue weighted by molar-refractivity contribution is 0.507. The molecule has 0 atom stereocenters. The molecule has 8 heteroatoms. The third-order valence-electron chi connectivity index (χ3n) is 1.90. The van der Waals surface area contributed by atoms with Gasteiger partial charge in [0, 0.05) is 6.54 Å². The van der Waals surface area contributed by atoms with Gasteiger partial charge in [-0.25, -0.2) is 8.78 Å². The summed E-state index contributed by atoms with van der Waals surface area (Å²) in [4.78, 5) is 7.35. The van der Waals surface area contributed by atoms with Crippen molar-refractivity contribution in [3.63, 3.8) is 0 Å². The van der Waals surface area contributed by atoms with E-state index in [1.54, 1.807) is 0 Å². The summed E-state index contributed by atoms with van der Waals surface area (Å²) in [5.41, 5.74) is 16.2. The third-order valence-corrected chi connectivity index (χ3v) is 1.90. The first-order valence-electron chi connectivity index (χ1n) is 4.82. The normalized spacial score (nSPS) is 10.7. The first-order valence-corrected chi connectivity index (χ1v) is 4.82. The van der Waals surface area contributed by atoms with Gasteiger partial charge >= 0.3 is 0 Å². The largest absolute Gasteiger partial charge is 0.370 e. The fourth-order valence-corrected chi connectivity index (χ4v) is 1.16. The highest BCUT2D eigenvalue weighted by molar-refractivity contribution is 5.92. The molecule has 5 nitrogen and oxygen atoms in total. The molecule has 0 aromatic heterocycles. The van der Waals surface area contributed by atoms with E-state index in [0.29, 0.717) is 12.0 Å². The van der Waals surface area contributed by atoms with Crippen LogP contribution in [0.25, 0.3) is 0 Å². The van der Waals surface area contributed by atoms with E-state index in [-0.39, 0.29) is 30.9 Å². The second-order valence-corrected chi connectivity index (χ2v) is 3.28. The number of rotatable bonds is 3. The minimum Gasteiger partial charge on any atom is -0.370 e. The van der Waals surface area contributed by atoms with Crippen molar-refractivity contribution >= 4 is 24.3 Å². The van der Waals surface area contributed by atoms with Crippen molar-refractivity contribution in [1.29, 1.82) is 0 Å². The maximum absolute atomic E-state index is 12.8. The van der Waals surface area contributed by atoms with Gasteiger partial charge in [0.05, 0.1) is 0 Å². The summed E-state index contributed by atoms with van der Waals surface area (Å²) >= 11 is 0. The van der Waals surface area contributed by atoms with Crippen LogP contribution >= 0.6 is 12.4 Å². The zero-order valence-corrected chi connectivity index (χ0v) is 10.3. The monoisotopic (exact) mass is 277 g/mol. The number of nitrogens with zero attached hydrogens (tertiary/aromatic N) is 2. The molecule has 0 aliphatic heterocycles. The molecular formula is C10H14ClF2N5. The summed E-state index contributed by atoms with van der Waals surface area (Å²) in [6, 6.07) is 3.65. The van der Waals surface area contributed by atoms with Crippen LogP contribution in [0.2, 0.25) is 0 Å². The Kier molecular flexibility index (Phi) is 6.66. The average molecular weight is 278 g/mol. The van der Waals surface area contributed by atoms with Crippen LogP contribution in [0.4, 0.5) is 8.78 Å². The standard InChI is InChI=1S/C10H13F2N5.ClH/c11-7-2-1-6(5-8(7)12)3-4-16-10(15)17-9(13)14;/h1-2,5H,3-4H2,(H6,13,14,15,16,17);1H. The van der Waals surface area contributed by atoms with Crippen molar-refractivity contribution in [1.82, 2.24) is 0 Å². The summed E-state index contributed by atoms with van der Waals surface area (Å²) < 4.78 is 25.5. The zero-order chi connectivity index (χ0) is 12.8. The molecule has 1 aromatic carbocycles. The fraction of sp³-hybridized carbons (Fsp3) is 0.200. The molecule has 1 aromatic rings. The molecule has 0 aliphatic rings. The van der Waals surface area contributed by atoms with E-state index >= 15 is 0 Å². The van der Waals surface area contributed by atoms with Crippen molar-refractivity contribution in [3.05, 3.63) is 35.4 Å². The molecule has 100 valence electrons. The van der Waals surface area contributed by atoms with Gasteiger partial charge in [-0.2, -0.15) is 4.99 Å². The van der Waals surface area contributed by atoms with E-state index in [1.807, 2.05) is 0 Å². The highest BCUT2D eigenvalue weighted by Gasteiger charge is 2.01. The second-order valence-electron chi connectivity index (χ2n) is 3.28. The molecule has 18 heavy (non-hydrogen) atoms. The number of hydrogen-bond donors (Lipinski definition) is 3. The van der Waals surface area contributed by atoms with Crippen LogP contribution in [0.15, 0.2) is 28.2 Å². The molecule has 0 saturated heterocycles. The Morgan fingerprint density at radius 1 is 1.11 bits per heavy atom. The van der Waals surface area contributed by atoms with Crippen LogP contribution in [0, 0.1) is 11.6 Å². The summed E-state index contributed by atoms with van der Waals surface area (Å²) in [6.45, 7) is 0.285. The molecular weight excluding hydrogens is 264 g/mol. The van der Waals surface area contributed by atoms with Crippen molar-refractivity contribution in [3.8, 4) is 0 Å². The highest BCUT2D eigenvalue weighted by atomic mass is 35.5. The van der Waals surface area contributed by atoms with Gasteiger partial charge in [0.15, 0.2) is 17.6 Å². The van der Waals surface area contributed by atoms with E-state index in [1.165, 1.54) is 6.07 Å². The maximum atomic E-state index is 12.8. The minimum absolute atomic E-state index is 0. The molecule has 0 unspecified atom stereocenters. The van der Waals surface area contributed by atoms with E-state index in [4.69, 9.17) is 17.2 Å². The third kappa shape index (κ3) is 5.44. The quantitative estimate of drug-likeness (QED) is 0.554. The van der Waals surface area contributed by atoms with Crippen LogP contribution in [-0.2, 0) is 6.42 Å². The van der Waals surface area contributed by atoms with E-state index < -0.39 is 11.6 Å². The summed E-state index contributed by atoms with van der Waals surface area (Å²) in [6.07, 6.45) is 0.415. The second kappa shape index (κ2) is 7.44. The van der Waals surface area contributed by atoms with Gasteiger partial charge < -0.3 is 17.2 Å². The Labute approximate surface area is 109 Å². The Morgan fingerprint density at radius 3 is 2.33 bits per heavy atom. The van der Waals surface area contributed by atoms with E-state index in [0.717, 1.165) is 12.1 Å². The van der Waals surface area contributed by atoms with Crippen molar-refractivity contribution < 1.29 is 8.78 Å². The Hall–Kier alpha value is -1.89. The smallest absolute Gasteiger partial charge is 0.218 e. The SMILES string of the molecule is Cl.NC(N)=NC(N)=NCCc1ccc(F)c(F)c1. The molecule has 0 amide bonds. The number of nitrogens with two attached hydrogens (primary N) is 3. The first-order chi connectivity index (χ1) is 7.99. The molecule has 0 fully saturated rings. The summed E-state index contributed by atoms with van der Waals surface area (Å²) in [5, 5.41) is 0. The molecule has 0 aliphatic carbocycles. The van der Waals surface area contributed by atoms with Gasteiger partial charge in [0.2, 0.25) is 5.96 Å². The molecule has 0 heterocycles. The number of benzene rings is 1. The van der Waals surface area contributed by atoms with Crippen LogP contribution in [0.3, 0.4) is 0 Å². The van der Waals surface area contributed by atoms with Crippen molar-refractivity contribution in [2.45, 2.75) is 6.42 Å². The topological polar surface area (TPSA) is 103 Å². The Bertz CT molecular complexity index is 458. The summed E-state index contributed by atoms with van der Waals surface area (Å²) in [5.74, 6) is -1.99. The van der Waals surface area contributed by atoms with Gasteiger partial charge in [-0.15, -0.1) is 12.4 Å². The molecule has 0 radical (unpaired) electrons. The number of halogens is 3. The lowest BCUT2D eigenvalue weighted by atomic mass is 10.1. The number of hydrogen-bond acceptors (Lipinski definition) is 1. The minimum atomic E-state index is -0.885.